The van der Waals surface area contributed by atoms with Crippen molar-refractivity contribution >= 4 is 5.91 Å². The Morgan fingerprint density at radius 2 is 2.12 bits per heavy atom. The van der Waals surface area contributed by atoms with Crippen molar-refractivity contribution in [2.45, 2.75) is 50.3 Å². The van der Waals surface area contributed by atoms with Crippen LogP contribution in [0, 0.1) is 5.82 Å². The van der Waals surface area contributed by atoms with E-state index in [1.165, 1.54) is 19.2 Å². The second-order valence-corrected chi connectivity index (χ2v) is 6.47. The van der Waals surface area contributed by atoms with Gasteiger partial charge in [0.25, 0.3) is 5.92 Å². The molecule has 2 fully saturated rings. The van der Waals surface area contributed by atoms with Crippen molar-refractivity contribution in [1.82, 2.24) is 10.6 Å². The molecule has 25 heavy (non-hydrogen) atoms. The fourth-order valence-electron chi connectivity index (χ4n) is 3.08. The van der Waals surface area contributed by atoms with Crippen molar-refractivity contribution in [2.24, 2.45) is 0 Å². The fraction of sp³-hybridized carbons (Fsp3) is 0.588. The van der Waals surface area contributed by atoms with E-state index in [0.717, 1.165) is 19.4 Å². The first-order valence-electron chi connectivity index (χ1n) is 8.30. The number of ether oxygens (including phenoxy) is 2. The molecule has 1 saturated carbocycles. The maximum absolute atomic E-state index is 14.2. The summed E-state index contributed by atoms with van der Waals surface area (Å²) in [5, 5.41) is 5.83. The molecule has 1 atom stereocenters. The second-order valence-electron chi connectivity index (χ2n) is 6.47. The fourth-order valence-corrected chi connectivity index (χ4v) is 3.08. The van der Waals surface area contributed by atoms with Gasteiger partial charge < -0.3 is 20.1 Å². The van der Waals surface area contributed by atoms with Gasteiger partial charge in [-0.05, 0) is 25.5 Å². The number of halogens is 3. The molecule has 138 valence electrons. The van der Waals surface area contributed by atoms with Crippen molar-refractivity contribution < 1.29 is 27.4 Å². The van der Waals surface area contributed by atoms with Gasteiger partial charge >= 0.3 is 0 Å². The predicted molar refractivity (Wildman–Crippen MR) is 84.4 cm³/mol. The van der Waals surface area contributed by atoms with Crippen LogP contribution in [0.4, 0.5) is 13.2 Å². The number of methoxy groups -OCH3 is 1. The van der Waals surface area contributed by atoms with Gasteiger partial charge in [0.2, 0.25) is 5.91 Å². The SMILES string of the molecule is COc1cc(OC2CC(F)(F)C2)c(F)cc1CNC(=O)C1CCCN1. The Labute approximate surface area is 143 Å². The number of nitrogens with one attached hydrogen (secondary N) is 2. The Balaban J connectivity index is 1.63. The highest BCUT2D eigenvalue weighted by molar-refractivity contribution is 5.82. The topological polar surface area (TPSA) is 59.6 Å². The highest BCUT2D eigenvalue weighted by atomic mass is 19.3. The summed E-state index contributed by atoms with van der Waals surface area (Å²) in [6, 6.07) is 2.31. The van der Waals surface area contributed by atoms with Gasteiger partial charge in [-0.25, -0.2) is 13.2 Å². The Morgan fingerprint density at radius 1 is 1.36 bits per heavy atom. The molecule has 0 aromatic heterocycles. The molecule has 1 heterocycles. The molecule has 0 bridgehead atoms. The summed E-state index contributed by atoms with van der Waals surface area (Å²) in [4.78, 5) is 12.0. The molecule has 1 aromatic rings. The van der Waals surface area contributed by atoms with Gasteiger partial charge in [-0.3, -0.25) is 4.79 Å². The average molecular weight is 358 g/mol. The van der Waals surface area contributed by atoms with Crippen molar-refractivity contribution in [3.8, 4) is 11.5 Å². The van der Waals surface area contributed by atoms with Crippen molar-refractivity contribution in [3.63, 3.8) is 0 Å². The molecule has 1 aliphatic carbocycles. The maximum atomic E-state index is 14.2. The van der Waals surface area contributed by atoms with Crippen LogP contribution in [-0.2, 0) is 11.3 Å². The lowest BCUT2D eigenvalue weighted by Gasteiger charge is -2.35. The average Bonchev–Trinajstić information content (AvgIpc) is 3.07. The number of rotatable bonds is 6. The van der Waals surface area contributed by atoms with Gasteiger partial charge in [-0.1, -0.05) is 0 Å². The first kappa shape index (κ1) is 17.8. The molecule has 2 N–H and O–H groups in total. The van der Waals surface area contributed by atoms with E-state index in [9.17, 15) is 18.0 Å². The van der Waals surface area contributed by atoms with E-state index in [0.29, 0.717) is 11.3 Å². The third-order valence-corrected chi connectivity index (χ3v) is 4.51. The predicted octanol–water partition coefficient (Wildman–Crippen LogP) is 2.38. The zero-order valence-electron chi connectivity index (χ0n) is 13.9. The van der Waals surface area contributed by atoms with Crippen LogP contribution in [0.5, 0.6) is 11.5 Å². The number of hydrogen-bond donors (Lipinski definition) is 2. The lowest BCUT2D eigenvalue weighted by atomic mass is 9.91. The highest BCUT2D eigenvalue weighted by Gasteiger charge is 2.47. The second kappa shape index (κ2) is 7.11. The van der Waals surface area contributed by atoms with Crippen LogP contribution in [-0.4, -0.2) is 37.6 Å². The van der Waals surface area contributed by atoms with Crippen molar-refractivity contribution in [2.75, 3.05) is 13.7 Å². The number of amides is 1. The van der Waals surface area contributed by atoms with Crippen molar-refractivity contribution in [3.05, 3.63) is 23.5 Å². The summed E-state index contributed by atoms with van der Waals surface area (Å²) in [6.45, 7) is 0.918. The molecule has 0 radical (unpaired) electrons. The van der Waals surface area contributed by atoms with E-state index in [1.54, 1.807) is 0 Å². The lowest BCUT2D eigenvalue weighted by Crippen LogP contribution is -2.43. The van der Waals surface area contributed by atoms with Gasteiger partial charge in [0, 0.05) is 31.0 Å². The molecule has 5 nitrogen and oxygen atoms in total. The van der Waals surface area contributed by atoms with E-state index in [1.807, 2.05) is 0 Å². The Morgan fingerprint density at radius 3 is 2.72 bits per heavy atom. The van der Waals surface area contributed by atoms with Crippen LogP contribution >= 0.6 is 0 Å². The van der Waals surface area contributed by atoms with Crippen LogP contribution in [0.3, 0.4) is 0 Å². The molecule has 3 rings (SSSR count). The number of hydrogen-bond acceptors (Lipinski definition) is 4. The van der Waals surface area contributed by atoms with Gasteiger partial charge in [0.15, 0.2) is 11.6 Å². The van der Waals surface area contributed by atoms with Gasteiger partial charge in [-0.2, -0.15) is 0 Å². The van der Waals surface area contributed by atoms with E-state index in [2.05, 4.69) is 10.6 Å². The smallest absolute Gasteiger partial charge is 0.255 e. The number of benzene rings is 1. The molecule has 1 amide bonds. The maximum Gasteiger partial charge on any atom is 0.255 e. The van der Waals surface area contributed by atoms with Gasteiger partial charge in [-0.15, -0.1) is 0 Å². The molecule has 1 aromatic carbocycles. The summed E-state index contributed by atoms with van der Waals surface area (Å²) in [5.41, 5.74) is 0.456. The van der Waals surface area contributed by atoms with Gasteiger partial charge in [0.1, 0.15) is 11.9 Å². The first-order chi connectivity index (χ1) is 11.9. The van der Waals surface area contributed by atoms with Crippen LogP contribution < -0.4 is 20.1 Å². The first-order valence-corrected chi connectivity index (χ1v) is 8.30. The number of carbonyl (C=O) groups excluding carboxylic acids is 1. The quantitative estimate of drug-likeness (QED) is 0.820. The molecule has 2 aliphatic rings. The zero-order valence-corrected chi connectivity index (χ0v) is 13.9. The van der Waals surface area contributed by atoms with E-state index < -0.39 is 30.7 Å². The Hall–Kier alpha value is -1.96. The molecular weight excluding hydrogens is 337 g/mol. The van der Waals surface area contributed by atoms with Crippen LogP contribution in [0.15, 0.2) is 12.1 Å². The van der Waals surface area contributed by atoms with E-state index in [4.69, 9.17) is 9.47 Å². The van der Waals surface area contributed by atoms with Crippen LogP contribution in [0.1, 0.15) is 31.2 Å². The normalized spacial score (nSPS) is 22.3. The third kappa shape index (κ3) is 4.18. The van der Waals surface area contributed by atoms with Gasteiger partial charge in [0.05, 0.1) is 13.2 Å². The Bertz CT molecular complexity index is 640. The zero-order chi connectivity index (χ0) is 18.0. The Kier molecular flexibility index (Phi) is 5.08. The van der Waals surface area contributed by atoms with Crippen LogP contribution in [0.2, 0.25) is 0 Å². The van der Waals surface area contributed by atoms with Crippen molar-refractivity contribution in [1.29, 1.82) is 0 Å². The molecule has 1 aliphatic heterocycles. The minimum atomic E-state index is -2.73. The monoisotopic (exact) mass is 358 g/mol. The molecule has 0 spiro atoms. The minimum Gasteiger partial charge on any atom is -0.496 e. The summed E-state index contributed by atoms with van der Waals surface area (Å²) in [7, 11) is 1.42. The molecule has 1 unspecified atom stereocenters. The standard InChI is InChI=1S/C17H21F3N2O3/c1-24-14-6-15(25-11-7-17(19,20)8-11)12(18)5-10(14)9-22-16(23)13-3-2-4-21-13/h5-6,11,13,21H,2-4,7-9H2,1H3,(H,22,23). The van der Waals surface area contributed by atoms with E-state index >= 15 is 0 Å². The largest absolute Gasteiger partial charge is 0.496 e. The summed E-state index contributed by atoms with van der Waals surface area (Å²) >= 11 is 0. The summed E-state index contributed by atoms with van der Waals surface area (Å²) in [5.74, 6) is -3.33. The molecule has 1 saturated heterocycles. The highest BCUT2D eigenvalue weighted by Crippen LogP contribution is 2.41. The minimum absolute atomic E-state index is 0.110. The summed E-state index contributed by atoms with van der Waals surface area (Å²) in [6.07, 6.45) is 0.188. The van der Waals surface area contributed by atoms with E-state index in [-0.39, 0.29) is 24.2 Å². The third-order valence-electron chi connectivity index (χ3n) is 4.51. The number of alkyl halides is 2. The number of carbonyl (C=O) groups is 1. The van der Waals surface area contributed by atoms with Crippen LogP contribution in [0.25, 0.3) is 0 Å². The summed E-state index contributed by atoms with van der Waals surface area (Å²) < 4.78 is 50.4. The molecular formula is C17H21F3N2O3. The lowest BCUT2D eigenvalue weighted by molar-refractivity contribution is -0.135. The molecule has 8 heteroatoms.